The van der Waals surface area contributed by atoms with Crippen LogP contribution in [0.25, 0.3) is 11.3 Å². The maximum absolute atomic E-state index is 10.9. The van der Waals surface area contributed by atoms with Gasteiger partial charge < -0.3 is 14.5 Å². The van der Waals surface area contributed by atoms with E-state index in [0.29, 0.717) is 10.7 Å². The average Bonchev–Trinajstić information content (AvgIpc) is 2.98. The Labute approximate surface area is 127 Å². The molecule has 0 aliphatic carbocycles. The van der Waals surface area contributed by atoms with Crippen molar-refractivity contribution in [3.63, 3.8) is 0 Å². The Balaban J connectivity index is 2.02. The highest BCUT2D eigenvalue weighted by molar-refractivity contribution is 6.31. The minimum absolute atomic E-state index is 0.172. The van der Waals surface area contributed by atoms with Gasteiger partial charge in [0.2, 0.25) is 5.76 Å². The number of anilines is 1. The molecule has 0 atom stereocenters. The molecular formula is C15H15ClN2O3. The predicted molar refractivity (Wildman–Crippen MR) is 80.0 cm³/mol. The molecule has 1 aliphatic heterocycles. The highest BCUT2D eigenvalue weighted by Crippen LogP contribution is 2.34. The van der Waals surface area contributed by atoms with Gasteiger partial charge in [-0.15, -0.1) is 0 Å². The van der Waals surface area contributed by atoms with Crippen LogP contribution in [0.5, 0.6) is 0 Å². The first-order chi connectivity index (χ1) is 10.1. The second-order valence-corrected chi connectivity index (χ2v) is 5.53. The number of benzene rings is 1. The third kappa shape index (κ3) is 2.88. The SMILES string of the molecule is O=C(O)c1cc(-c2cc(Cl)ccc2N2CCCCC2)no1. The lowest BCUT2D eigenvalue weighted by atomic mass is 10.0. The molecule has 2 heterocycles. The molecule has 21 heavy (non-hydrogen) atoms. The Morgan fingerprint density at radius 3 is 2.67 bits per heavy atom. The first-order valence-corrected chi connectivity index (χ1v) is 7.28. The van der Waals surface area contributed by atoms with E-state index in [9.17, 15) is 4.79 Å². The molecule has 0 amide bonds. The lowest BCUT2D eigenvalue weighted by molar-refractivity contribution is 0.0652. The van der Waals surface area contributed by atoms with Crippen LogP contribution >= 0.6 is 11.6 Å². The molecule has 0 radical (unpaired) electrons. The van der Waals surface area contributed by atoms with E-state index in [2.05, 4.69) is 10.1 Å². The summed E-state index contributed by atoms with van der Waals surface area (Å²) < 4.78 is 4.85. The van der Waals surface area contributed by atoms with Crippen molar-refractivity contribution < 1.29 is 14.4 Å². The van der Waals surface area contributed by atoms with Crippen LogP contribution in [-0.4, -0.2) is 29.3 Å². The van der Waals surface area contributed by atoms with Crippen molar-refractivity contribution in [3.8, 4) is 11.3 Å². The Morgan fingerprint density at radius 2 is 2.00 bits per heavy atom. The van der Waals surface area contributed by atoms with Crippen LogP contribution in [0.3, 0.4) is 0 Å². The Kier molecular flexibility index (Phi) is 3.84. The van der Waals surface area contributed by atoms with Gasteiger partial charge in [0.1, 0.15) is 5.69 Å². The zero-order valence-corrected chi connectivity index (χ0v) is 12.1. The van der Waals surface area contributed by atoms with Crippen LogP contribution in [0.1, 0.15) is 29.8 Å². The van der Waals surface area contributed by atoms with Gasteiger partial charge in [0, 0.05) is 35.4 Å². The van der Waals surface area contributed by atoms with Gasteiger partial charge in [-0.2, -0.15) is 0 Å². The smallest absolute Gasteiger partial charge is 0.374 e. The van der Waals surface area contributed by atoms with Crippen molar-refractivity contribution in [1.29, 1.82) is 0 Å². The van der Waals surface area contributed by atoms with E-state index < -0.39 is 5.97 Å². The van der Waals surface area contributed by atoms with E-state index in [4.69, 9.17) is 21.2 Å². The highest BCUT2D eigenvalue weighted by Gasteiger charge is 2.19. The van der Waals surface area contributed by atoms with Crippen molar-refractivity contribution in [3.05, 3.63) is 35.0 Å². The van der Waals surface area contributed by atoms with Crippen LogP contribution in [0.4, 0.5) is 5.69 Å². The summed E-state index contributed by atoms with van der Waals surface area (Å²) in [5.41, 5.74) is 2.32. The zero-order valence-electron chi connectivity index (χ0n) is 11.4. The summed E-state index contributed by atoms with van der Waals surface area (Å²) >= 11 is 6.08. The van der Waals surface area contributed by atoms with Crippen molar-refractivity contribution >= 4 is 23.3 Å². The molecule has 0 unspecified atom stereocenters. The number of hydrogen-bond donors (Lipinski definition) is 1. The maximum Gasteiger partial charge on any atom is 0.374 e. The molecule has 1 fully saturated rings. The summed E-state index contributed by atoms with van der Waals surface area (Å²) in [4.78, 5) is 13.2. The van der Waals surface area contributed by atoms with Crippen LogP contribution in [0.2, 0.25) is 5.02 Å². The molecule has 1 N–H and O–H groups in total. The molecule has 5 nitrogen and oxygen atoms in total. The van der Waals surface area contributed by atoms with Gasteiger partial charge in [-0.25, -0.2) is 4.79 Å². The van der Waals surface area contributed by atoms with E-state index in [1.165, 1.54) is 12.5 Å². The molecule has 1 aliphatic rings. The summed E-state index contributed by atoms with van der Waals surface area (Å²) in [6.07, 6.45) is 3.55. The second kappa shape index (κ2) is 5.77. The zero-order chi connectivity index (χ0) is 14.8. The number of rotatable bonds is 3. The lowest BCUT2D eigenvalue weighted by Gasteiger charge is -2.30. The van der Waals surface area contributed by atoms with Crippen LogP contribution in [-0.2, 0) is 0 Å². The van der Waals surface area contributed by atoms with E-state index in [1.807, 2.05) is 12.1 Å². The molecule has 1 aromatic heterocycles. The van der Waals surface area contributed by atoms with Gasteiger partial charge in [-0.3, -0.25) is 0 Å². The summed E-state index contributed by atoms with van der Waals surface area (Å²) in [6.45, 7) is 1.97. The van der Waals surface area contributed by atoms with E-state index in [1.54, 1.807) is 6.07 Å². The summed E-state index contributed by atoms with van der Waals surface area (Å²) in [6, 6.07) is 7.03. The Bertz CT molecular complexity index is 663. The monoisotopic (exact) mass is 306 g/mol. The van der Waals surface area contributed by atoms with Crippen LogP contribution < -0.4 is 4.90 Å². The Morgan fingerprint density at radius 1 is 1.24 bits per heavy atom. The number of carboxylic acids is 1. The molecule has 0 saturated carbocycles. The van der Waals surface area contributed by atoms with Crippen LogP contribution in [0.15, 0.2) is 28.8 Å². The molecule has 110 valence electrons. The summed E-state index contributed by atoms with van der Waals surface area (Å²) in [5.74, 6) is -1.30. The molecule has 0 bridgehead atoms. The minimum Gasteiger partial charge on any atom is -0.475 e. The van der Waals surface area contributed by atoms with Crippen molar-refractivity contribution in [1.82, 2.24) is 5.16 Å². The average molecular weight is 307 g/mol. The van der Waals surface area contributed by atoms with Crippen molar-refractivity contribution in [2.45, 2.75) is 19.3 Å². The van der Waals surface area contributed by atoms with E-state index in [-0.39, 0.29) is 5.76 Å². The quantitative estimate of drug-likeness (QED) is 0.937. The first-order valence-electron chi connectivity index (χ1n) is 6.90. The third-order valence-corrected chi connectivity index (χ3v) is 3.89. The molecular weight excluding hydrogens is 292 g/mol. The highest BCUT2D eigenvalue weighted by atomic mass is 35.5. The first kappa shape index (κ1) is 13.9. The standard InChI is InChI=1S/C15H15ClN2O3/c16-10-4-5-13(18-6-2-1-3-7-18)11(8-10)12-9-14(15(19)20)21-17-12/h4-5,8-9H,1-3,6-7H2,(H,19,20). The number of carboxylic acid groups (broad SMARTS) is 1. The third-order valence-electron chi connectivity index (χ3n) is 3.65. The van der Waals surface area contributed by atoms with Crippen molar-refractivity contribution in [2.24, 2.45) is 0 Å². The number of carbonyl (C=O) groups is 1. The fraction of sp³-hybridized carbons (Fsp3) is 0.333. The molecule has 6 heteroatoms. The van der Waals surface area contributed by atoms with Gasteiger partial charge in [0.15, 0.2) is 0 Å². The fourth-order valence-corrected chi connectivity index (χ4v) is 2.80. The molecule has 0 spiro atoms. The summed E-state index contributed by atoms with van der Waals surface area (Å²) in [5, 5.41) is 13.4. The number of aromatic nitrogens is 1. The maximum atomic E-state index is 10.9. The number of aromatic carboxylic acids is 1. The minimum atomic E-state index is -1.13. The Hall–Kier alpha value is -2.01. The van der Waals surface area contributed by atoms with Gasteiger partial charge >= 0.3 is 5.97 Å². The molecule has 2 aromatic rings. The summed E-state index contributed by atoms with van der Waals surface area (Å²) in [7, 11) is 0. The van der Waals surface area contributed by atoms with Gasteiger partial charge in [0.25, 0.3) is 0 Å². The lowest BCUT2D eigenvalue weighted by Crippen LogP contribution is -2.29. The molecule has 1 aromatic carbocycles. The number of nitrogens with zero attached hydrogens (tertiary/aromatic N) is 2. The van der Waals surface area contributed by atoms with E-state index >= 15 is 0 Å². The van der Waals surface area contributed by atoms with E-state index in [0.717, 1.165) is 37.2 Å². The van der Waals surface area contributed by atoms with Gasteiger partial charge in [-0.05, 0) is 37.5 Å². The predicted octanol–water partition coefficient (Wildman–Crippen LogP) is 3.68. The topological polar surface area (TPSA) is 66.6 Å². The van der Waals surface area contributed by atoms with Gasteiger partial charge in [0.05, 0.1) is 0 Å². The van der Waals surface area contributed by atoms with Crippen LogP contribution in [0, 0.1) is 0 Å². The fourth-order valence-electron chi connectivity index (χ4n) is 2.63. The number of halogens is 1. The second-order valence-electron chi connectivity index (χ2n) is 5.09. The largest absolute Gasteiger partial charge is 0.475 e. The normalized spacial score (nSPS) is 15.2. The number of piperidine rings is 1. The van der Waals surface area contributed by atoms with Crippen molar-refractivity contribution in [2.75, 3.05) is 18.0 Å². The van der Waals surface area contributed by atoms with Gasteiger partial charge in [-0.1, -0.05) is 16.8 Å². The molecule has 3 rings (SSSR count). The number of hydrogen-bond acceptors (Lipinski definition) is 4. The molecule has 1 saturated heterocycles.